The minimum absolute atomic E-state index is 0.0637. The molecule has 134 valence electrons. The van der Waals surface area contributed by atoms with Gasteiger partial charge in [0, 0.05) is 6.07 Å². The number of hydrogen-bond acceptors (Lipinski definition) is 5. The maximum Gasteiger partial charge on any atom is 0.308 e. The molecular formula is C16H15F2NO5S. The lowest BCUT2D eigenvalue weighted by Gasteiger charge is -2.10. The van der Waals surface area contributed by atoms with Crippen LogP contribution in [-0.4, -0.2) is 28.1 Å². The fourth-order valence-electron chi connectivity index (χ4n) is 1.84. The highest BCUT2D eigenvalue weighted by atomic mass is 32.2. The van der Waals surface area contributed by atoms with Gasteiger partial charge < -0.3 is 9.47 Å². The van der Waals surface area contributed by atoms with Crippen LogP contribution in [0.2, 0.25) is 0 Å². The molecule has 0 spiro atoms. The number of halogens is 2. The number of benzene rings is 2. The minimum atomic E-state index is -3.97. The summed E-state index contributed by atoms with van der Waals surface area (Å²) in [7, 11) is -2.70. The lowest BCUT2D eigenvalue weighted by atomic mass is 10.3. The molecule has 0 bridgehead atoms. The van der Waals surface area contributed by atoms with E-state index in [9.17, 15) is 22.0 Å². The Hall–Kier alpha value is -2.68. The molecule has 0 aliphatic carbocycles. The summed E-state index contributed by atoms with van der Waals surface area (Å²) < 4.78 is 62.4. The quantitative estimate of drug-likeness (QED) is 0.757. The number of carbonyl (C=O) groups is 1. The fraction of sp³-hybridized carbons (Fsp3) is 0.188. The van der Waals surface area contributed by atoms with Gasteiger partial charge in [0.25, 0.3) is 10.0 Å². The van der Waals surface area contributed by atoms with Crippen molar-refractivity contribution in [1.29, 1.82) is 0 Å². The van der Waals surface area contributed by atoms with Crippen LogP contribution in [0.15, 0.2) is 47.4 Å². The number of anilines is 1. The van der Waals surface area contributed by atoms with E-state index >= 15 is 0 Å². The van der Waals surface area contributed by atoms with E-state index in [4.69, 9.17) is 4.74 Å². The van der Waals surface area contributed by atoms with Gasteiger partial charge in [0.05, 0.1) is 30.7 Å². The van der Waals surface area contributed by atoms with Crippen molar-refractivity contribution in [2.45, 2.75) is 11.3 Å². The zero-order valence-corrected chi connectivity index (χ0v) is 14.0. The number of carbonyl (C=O) groups excluding carboxylic acids is 1. The van der Waals surface area contributed by atoms with Crippen LogP contribution >= 0.6 is 0 Å². The molecule has 1 N–H and O–H groups in total. The van der Waals surface area contributed by atoms with E-state index in [0.717, 1.165) is 18.2 Å². The summed E-state index contributed by atoms with van der Waals surface area (Å²) in [6.07, 6.45) is 0.0637. The van der Waals surface area contributed by atoms with Crippen molar-refractivity contribution < 1.29 is 31.5 Å². The number of methoxy groups -OCH3 is 1. The number of rotatable bonds is 7. The average Bonchev–Trinajstić information content (AvgIpc) is 2.58. The van der Waals surface area contributed by atoms with Gasteiger partial charge in [0.15, 0.2) is 11.6 Å². The SMILES string of the molecule is COC(=O)CCOc1ccc(S(=O)(=O)Nc2ccc(F)c(F)c2)cc1. The predicted octanol–water partition coefficient (Wildman–Crippen LogP) is 2.71. The largest absolute Gasteiger partial charge is 0.493 e. The van der Waals surface area contributed by atoms with Crippen LogP contribution < -0.4 is 9.46 Å². The van der Waals surface area contributed by atoms with E-state index in [1.807, 2.05) is 0 Å². The summed E-state index contributed by atoms with van der Waals surface area (Å²) in [5, 5.41) is 0. The average molecular weight is 371 g/mol. The maximum atomic E-state index is 13.2. The molecule has 6 nitrogen and oxygen atoms in total. The van der Waals surface area contributed by atoms with Crippen molar-refractivity contribution in [2.24, 2.45) is 0 Å². The molecule has 0 aliphatic heterocycles. The highest BCUT2D eigenvalue weighted by Gasteiger charge is 2.15. The summed E-state index contributed by atoms with van der Waals surface area (Å²) in [6, 6.07) is 8.09. The minimum Gasteiger partial charge on any atom is -0.493 e. The number of nitrogens with one attached hydrogen (secondary N) is 1. The van der Waals surface area contributed by atoms with Crippen LogP contribution in [0.4, 0.5) is 14.5 Å². The van der Waals surface area contributed by atoms with Crippen LogP contribution in [0.25, 0.3) is 0 Å². The Morgan fingerprint density at radius 3 is 2.36 bits per heavy atom. The van der Waals surface area contributed by atoms with Crippen LogP contribution in [0.5, 0.6) is 5.75 Å². The molecule has 9 heteroatoms. The van der Waals surface area contributed by atoms with E-state index in [0.29, 0.717) is 5.75 Å². The number of esters is 1. The molecular weight excluding hydrogens is 356 g/mol. The molecule has 0 radical (unpaired) electrons. The van der Waals surface area contributed by atoms with Gasteiger partial charge >= 0.3 is 5.97 Å². The van der Waals surface area contributed by atoms with Crippen LogP contribution in [0.1, 0.15) is 6.42 Å². The molecule has 2 aromatic carbocycles. The topological polar surface area (TPSA) is 81.7 Å². The Kier molecular flexibility index (Phi) is 5.92. The smallest absolute Gasteiger partial charge is 0.308 e. The zero-order chi connectivity index (χ0) is 18.4. The molecule has 0 saturated carbocycles. The van der Waals surface area contributed by atoms with Crippen molar-refractivity contribution in [3.63, 3.8) is 0 Å². The van der Waals surface area contributed by atoms with Gasteiger partial charge in [-0.05, 0) is 36.4 Å². The highest BCUT2D eigenvalue weighted by Crippen LogP contribution is 2.20. The molecule has 0 amide bonds. The molecule has 2 aromatic rings. The first-order valence-electron chi connectivity index (χ1n) is 7.09. The van der Waals surface area contributed by atoms with Crippen molar-refractivity contribution in [1.82, 2.24) is 0 Å². The third kappa shape index (κ3) is 5.15. The zero-order valence-electron chi connectivity index (χ0n) is 13.2. The molecule has 0 unspecified atom stereocenters. The van der Waals surface area contributed by atoms with Crippen LogP contribution in [0.3, 0.4) is 0 Å². The first kappa shape index (κ1) is 18.7. The van der Waals surface area contributed by atoms with Crippen molar-refractivity contribution in [3.8, 4) is 5.75 Å². The van der Waals surface area contributed by atoms with Gasteiger partial charge in [0.1, 0.15) is 5.75 Å². The molecule has 0 aliphatic rings. The molecule has 0 saturated heterocycles. The van der Waals surface area contributed by atoms with Gasteiger partial charge in [0.2, 0.25) is 0 Å². The number of ether oxygens (including phenoxy) is 2. The molecule has 0 fully saturated rings. The number of sulfonamides is 1. The first-order valence-corrected chi connectivity index (χ1v) is 8.57. The second kappa shape index (κ2) is 7.93. The highest BCUT2D eigenvalue weighted by molar-refractivity contribution is 7.92. The second-order valence-corrected chi connectivity index (χ2v) is 6.56. The molecule has 2 rings (SSSR count). The van der Waals surface area contributed by atoms with E-state index in [1.54, 1.807) is 0 Å². The summed E-state index contributed by atoms with van der Waals surface area (Å²) in [6.45, 7) is 0.0892. The third-order valence-corrected chi connectivity index (χ3v) is 4.51. The summed E-state index contributed by atoms with van der Waals surface area (Å²) >= 11 is 0. The van der Waals surface area contributed by atoms with Gasteiger partial charge in [-0.15, -0.1) is 0 Å². The van der Waals surface area contributed by atoms with E-state index in [1.165, 1.54) is 31.4 Å². The fourth-order valence-corrected chi connectivity index (χ4v) is 2.89. The predicted molar refractivity (Wildman–Crippen MR) is 85.7 cm³/mol. The van der Waals surface area contributed by atoms with Gasteiger partial charge in [-0.3, -0.25) is 9.52 Å². The molecule has 25 heavy (non-hydrogen) atoms. The first-order chi connectivity index (χ1) is 11.8. The molecule has 0 aromatic heterocycles. The van der Waals surface area contributed by atoms with Gasteiger partial charge in [-0.2, -0.15) is 0 Å². The van der Waals surface area contributed by atoms with E-state index in [-0.39, 0.29) is 23.6 Å². The Balaban J connectivity index is 2.04. The lowest BCUT2D eigenvalue weighted by Crippen LogP contribution is -2.13. The standard InChI is InChI=1S/C16H15F2NO5S/c1-23-16(20)8-9-24-12-3-5-13(6-4-12)25(21,22)19-11-2-7-14(17)15(18)10-11/h2-7,10,19H,8-9H2,1H3. The lowest BCUT2D eigenvalue weighted by molar-refractivity contribution is -0.141. The molecule has 0 atom stereocenters. The second-order valence-electron chi connectivity index (χ2n) is 4.88. The third-order valence-electron chi connectivity index (χ3n) is 3.11. The number of hydrogen-bond donors (Lipinski definition) is 1. The van der Waals surface area contributed by atoms with Crippen molar-refractivity contribution >= 4 is 21.7 Å². The normalized spacial score (nSPS) is 11.0. The van der Waals surface area contributed by atoms with Crippen molar-refractivity contribution in [3.05, 3.63) is 54.1 Å². The summed E-state index contributed by atoms with van der Waals surface area (Å²) in [5.41, 5.74) is -0.0997. The van der Waals surface area contributed by atoms with Gasteiger partial charge in [-0.25, -0.2) is 17.2 Å². The van der Waals surface area contributed by atoms with Crippen molar-refractivity contribution in [2.75, 3.05) is 18.4 Å². The summed E-state index contributed by atoms with van der Waals surface area (Å²) in [5.74, 6) is -2.28. The maximum absolute atomic E-state index is 13.2. The van der Waals surface area contributed by atoms with E-state index < -0.39 is 27.6 Å². The van der Waals surface area contributed by atoms with Crippen LogP contribution in [0, 0.1) is 11.6 Å². The van der Waals surface area contributed by atoms with Gasteiger partial charge in [-0.1, -0.05) is 0 Å². The van der Waals surface area contributed by atoms with E-state index in [2.05, 4.69) is 9.46 Å². The molecule has 0 heterocycles. The monoisotopic (exact) mass is 371 g/mol. The summed E-state index contributed by atoms with van der Waals surface area (Å²) in [4.78, 5) is 10.9. The van der Waals surface area contributed by atoms with Crippen LogP contribution in [-0.2, 0) is 19.6 Å². The Morgan fingerprint density at radius 1 is 1.08 bits per heavy atom. The Labute approximate surface area is 143 Å². The Morgan fingerprint density at radius 2 is 1.76 bits per heavy atom. The Bertz CT molecular complexity index is 853.